The molecule has 4 aliphatic carbocycles. The first-order valence-corrected chi connectivity index (χ1v) is 15.0. The summed E-state index contributed by atoms with van der Waals surface area (Å²) in [5, 5.41) is 22.2. The van der Waals surface area contributed by atoms with Gasteiger partial charge in [-0.05, 0) is 129 Å². The third-order valence-corrected chi connectivity index (χ3v) is 13.6. The molecule has 0 radical (unpaired) electrons. The van der Waals surface area contributed by atoms with Crippen LogP contribution in [-0.4, -0.2) is 53.1 Å². The molecular formula is C30H52NO2+. The zero-order chi connectivity index (χ0) is 23.0. The topological polar surface area (TPSA) is 40.5 Å². The Morgan fingerprint density at radius 3 is 2.30 bits per heavy atom. The van der Waals surface area contributed by atoms with Crippen LogP contribution < -0.4 is 0 Å². The van der Waals surface area contributed by atoms with Gasteiger partial charge in [0.05, 0.1) is 38.4 Å². The summed E-state index contributed by atoms with van der Waals surface area (Å²) in [6.45, 7) is 13.3. The molecule has 7 rings (SSSR count). The molecular weight excluding hydrogens is 406 g/mol. The second-order valence-electron chi connectivity index (χ2n) is 14.6. The molecule has 0 amide bonds. The van der Waals surface area contributed by atoms with Crippen LogP contribution in [0.4, 0.5) is 0 Å². The van der Waals surface area contributed by atoms with Gasteiger partial charge >= 0.3 is 0 Å². The lowest BCUT2D eigenvalue weighted by atomic mass is 9.43. The Morgan fingerprint density at radius 2 is 1.58 bits per heavy atom. The van der Waals surface area contributed by atoms with Crippen LogP contribution in [0.1, 0.15) is 97.8 Å². The molecule has 0 unspecified atom stereocenters. The highest BCUT2D eigenvalue weighted by Gasteiger charge is 2.63. The SMILES string of the molecule is C[C@H](CC[N+]12CCC(CC1)CC2)[C@H]1CC[C@H]2[C@@H]3CC[C@@H]4C[C@H](O)CC[C@]4(C)[C@H]3C[C@H](O)[C@]12C. The number of hydrogen-bond acceptors (Lipinski definition) is 2. The van der Waals surface area contributed by atoms with Crippen molar-refractivity contribution in [3.8, 4) is 0 Å². The number of aliphatic hydroxyl groups is 2. The Bertz CT molecular complexity index is 717. The highest BCUT2D eigenvalue weighted by molar-refractivity contribution is 5.12. The number of hydrogen-bond donors (Lipinski definition) is 2. The van der Waals surface area contributed by atoms with Gasteiger partial charge in [-0.1, -0.05) is 20.8 Å². The van der Waals surface area contributed by atoms with Gasteiger partial charge in [0.25, 0.3) is 0 Å². The van der Waals surface area contributed by atoms with Crippen molar-refractivity contribution >= 4 is 0 Å². The second-order valence-corrected chi connectivity index (χ2v) is 14.6. The monoisotopic (exact) mass is 458 g/mol. The molecule has 3 heteroatoms. The van der Waals surface area contributed by atoms with Gasteiger partial charge in [-0.25, -0.2) is 0 Å². The quantitative estimate of drug-likeness (QED) is 0.536. The minimum absolute atomic E-state index is 0.0767. The van der Waals surface area contributed by atoms with Crippen LogP contribution in [0.3, 0.4) is 0 Å². The Kier molecular flexibility index (Phi) is 5.79. The maximum Gasteiger partial charge on any atom is 0.0789 e. The Hall–Kier alpha value is -0.120. The predicted octanol–water partition coefficient (Wildman–Crippen LogP) is 5.63. The summed E-state index contributed by atoms with van der Waals surface area (Å²) < 4.78 is 1.42. The van der Waals surface area contributed by atoms with E-state index in [1.54, 1.807) is 0 Å². The molecule has 7 aliphatic rings. The maximum atomic E-state index is 11.8. The number of rotatable bonds is 4. The molecule has 3 nitrogen and oxygen atoms in total. The first-order valence-electron chi connectivity index (χ1n) is 15.0. The van der Waals surface area contributed by atoms with Crippen molar-refractivity contribution in [1.82, 2.24) is 0 Å². The molecule has 0 aromatic rings. The molecule has 10 atom stereocenters. The van der Waals surface area contributed by atoms with Crippen LogP contribution in [0.5, 0.6) is 0 Å². The molecule has 3 saturated heterocycles. The van der Waals surface area contributed by atoms with E-state index in [2.05, 4.69) is 20.8 Å². The summed E-state index contributed by atoms with van der Waals surface area (Å²) in [6, 6.07) is 0. The molecule has 7 fully saturated rings. The molecule has 0 aromatic carbocycles. The van der Waals surface area contributed by atoms with Crippen LogP contribution >= 0.6 is 0 Å². The van der Waals surface area contributed by atoms with E-state index in [9.17, 15) is 10.2 Å². The van der Waals surface area contributed by atoms with E-state index in [-0.39, 0.29) is 17.6 Å². The van der Waals surface area contributed by atoms with E-state index < -0.39 is 0 Å². The van der Waals surface area contributed by atoms with Gasteiger partial charge in [0.1, 0.15) is 0 Å². The van der Waals surface area contributed by atoms with E-state index in [4.69, 9.17) is 0 Å². The molecule has 33 heavy (non-hydrogen) atoms. The number of nitrogens with zero attached hydrogens (tertiary/aromatic N) is 1. The van der Waals surface area contributed by atoms with Crippen LogP contribution in [0.2, 0.25) is 0 Å². The normalized spacial score (nSPS) is 56.6. The van der Waals surface area contributed by atoms with E-state index >= 15 is 0 Å². The summed E-state index contributed by atoms with van der Waals surface area (Å²) in [5.41, 5.74) is 0.484. The van der Waals surface area contributed by atoms with E-state index in [0.717, 1.165) is 42.9 Å². The van der Waals surface area contributed by atoms with Gasteiger partial charge in [0, 0.05) is 0 Å². The minimum atomic E-state index is -0.126. The zero-order valence-corrected chi connectivity index (χ0v) is 21.9. The van der Waals surface area contributed by atoms with Gasteiger partial charge < -0.3 is 14.7 Å². The predicted molar refractivity (Wildman–Crippen MR) is 133 cm³/mol. The van der Waals surface area contributed by atoms with Crippen molar-refractivity contribution in [3.63, 3.8) is 0 Å². The summed E-state index contributed by atoms with van der Waals surface area (Å²) in [6.07, 6.45) is 15.2. The number of aliphatic hydroxyl groups excluding tert-OH is 2. The summed E-state index contributed by atoms with van der Waals surface area (Å²) in [7, 11) is 0. The maximum absolute atomic E-state index is 11.8. The number of fused-ring (bicyclic) bond motifs is 8. The third kappa shape index (κ3) is 3.52. The van der Waals surface area contributed by atoms with Crippen molar-refractivity contribution < 1.29 is 14.7 Å². The van der Waals surface area contributed by atoms with E-state index in [1.807, 2.05) is 0 Å². The number of piperidine rings is 3. The smallest absolute Gasteiger partial charge is 0.0789 e. The Morgan fingerprint density at radius 1 is 0.848 bits per heavy atom. The average Bonchev–Trinajstić information content (AvgIpc) is 3.19. The lowest BCUT2D eigenvalue weighted by molar-refractivity contribution is -0.943. The van der Waals surface area contributed by atoms with Gasteiger partial charge in [-0.2, -0.15) is 0 Å². The van der Waals surface area contributed by atoms with Gasteiger partial charge in [-0.3, -0.25) is 0 Å². The second kappa shape index (κ2) is 8.20. The lowest BCUT2D eigenvalue weighted by Crippen LogP contribution is -2.60. The molecule has 188 valence electrons. The molecule has 4 saturated carbocycles. The summed E-state index contributed by atoms with van der Waals surface area (Å²) >= 11 is 0. The van der Waals surface area contributed by atoms with E-state index in [1.165, 1.54) is 88.4 Å². The minimum Gasteiger partial charge on any atom is -0.393 e. The Balaban J connectivity index is 1.17. The highest BCUT2D eigenvalue weighted by Crippen LogP contribution is 2.68. The van der Waals surface area contributed by atoms with Crippen molar-refractivity contribution in [3.05, 3.63) is 0 Å². The fraction of sp³-hybridized carbons (Fsp3) is 1.00. The van der Waals surface area contributed by atoms with Gasteiger partial charge in [0.2, 0.25) is 0 Å². The zero-order valence-electron chi connectivity index (χ0n) is 21.9. The molecule has 2 N–H and O–H groups in total. The molecule has 0 spiro atoms. The first-order chi connectivity index (χ1) is 15.8. The molecule has 0 aromatic heterocycles. The van der Waals surface area contributed by atoms with Gasteiger partial charge in [0.15, 0.2) is 0 Å². The fourth-order valence-electron chi connectivity index (χ4n) is 11.3. The Labute approximate surface area is 203 Å². The molecule has 3 aliphatic heterocycles. The average molecular weight is 459 g/mol. The van der Waals surface area contributed by atoms with Crippen molar-refractivity contribution in [1.29, 1.82) is 0 Å². The summed E-state index contributed by atoms with van der Waals surface area (Å²) in [5.74, 6) is 5.40. The van der Waals surface area contributed by atoms with Gasteiger partial charge in [-0.15, -0.1) is 0 Å². The molecule has 3 heterocycles. The van der Waals surface area contributed by atoms with Crippen LogP contribution in [0.25, 0.3) is 0 Å². The first kappa shape index (κ1) is 23.3. The highest BCUT2D eigenvalue weighted by atomic mass is 16.3. The van der Waals surface area contributed by atoms with Crippen LogP contribution in [0, 0.1) is 52.3 Å². The fourth-order valence-corrected chi connectivity index (χ4v) is 11.3. The van der Waals surface area contributed by atoms with Crippen molar-refractivity contribution in [2.24, 2.45) is 52.3 Å². The standard InChI is InChI=1S/C30H52NO2/c1-20(9-14-31-15-10-21(11-16-31)12-17-31)25-6-7-26-24-5-4-22-18-23(32)8-13-29(22,2)27(24)19-28(33)30(25,26)3/h20-28,32-33H,4-19H2,1-3H3/q+1/t20-,21?,22-,23-,24+,25-,26+,27+,28+,29+,30-,31?/m1/s1. The van der Waals surface area contributed by atoms with Crippen LogP contribution in [0.15, 0.2) is 0 Å². The molecule has 2 bridgehead atoms. The third-order valence-electron chi connectivity index (χ3n) is 13.6. The van der Waals surface area contributed by atoms with E-state index in [0.29, 0.717) is 23.2 Å². The number of quaternary nitrogens is 1. The van der Waals surface area contributed by atoms with Crippen molar-refractivity contribution in [2.75, 3.05) is 26.2 Å². The summed E-state index contributed by atoms with van der Waals surface area (Å²) in [4.78, 5) is 0. The van der Waals surface area contributed by atoms with Crippen LogP contribution in [-0.2, 0) is 0 Å². The lowest BCUT2D eigenvalue weighted by Gasteiger charge is -2.62. The largest absolute Gasteiger partial charge is 0.393 e. The van der Waals surface area contributed by atoms with Crippen molar-refractivity contribution in [2.45, 2.75) is 110 Å².